The molecular formula is C29H35NO4. The van der Waals surface area contributed by atoms with Gasteiger partial charge in [-0.3, -0.25) is 0 Å². The number of hydrogen-bond acceptors (Lipinski definition) is 5. The molecule has 180 valence electrons. The molecule has 0 amide bonds. The average Bonchev–Trinajstić information content (AvgIpc) is 2.89. The van der Waals surface area contributed by atoms with E-state index in [1.165, 1.54) is 5.56 Å². The van der Waals surface area contributed by atoms with Gasteiger partial charge in [-0.25, -0.2) is 0 Å². The van der Waals surface area contributed by atoms with Crippen molar-refractivity contribution in [2.45, 2.75) is 32.9 Å². The molecule has 0 bridgehead atoms. The zero-order chi connectivity index (χ0) is 24.2. The minimum atomic E-state index is 0.656. The Kier molecular flexibility index (Phi) is 9.86. The van der Waals surface area contributed by atoms with Crippen molar-refractivity contribution >= 4 is 12.2 Å². The SMILES string of the molecule is CCCCOc1ccc(/C=C/c2cc(OC)cc(OC)c2CNCc2ccc(OC)cc2)cc1. The Hall–Kier alpha value is -3.44. The summed E-state index contributed by atoms with van der Waals surface area (Å²) in [5.41, 5.74) is 4.41. The van der Waals surface area contributed by atoms with Crippen LogP contribution in [0.25, 0.3) is 12.2 Å². The van der Waals surface area contributed by atoms with Crippen LogP contribution in [0.4, 0.5) is 0 Å². The molecule has 0 aliphatic carbocycles. The van der Waals surface area contributed by atoms with E-state index in [0.717, 1.165) is 65.7 Å². The fourth-order valence-corrected chi connectivity index (χ4v) is 3.55. The molecule has 5 heteroatoms. The van der Waals surface area contributed by atoms with Gasteiger partial charge in [-0.05, 0) is 53.4 Å². The first-order valence-corrected chi connectivity index (χ1v) is 11.7. The van der Waals surface area contributed by atoms with E-state index >= 15 is 0 Å². The maximum atomic E-state index is 5.77. The second kappa shape index (κ2) is 13.3. The van der Waals surface area contributed by atoms with Crippen molar-refractivity contribution in [1.82, 2.24) is 5.32 Å². The Bertz CT molecular complexity index is 1040. The Balaban J connectivity index is 1.74. The minimum Gasteiger partial charge on any atom is -0.497 e. The monoisotopic (exact) mass is 461 g/mol. The molecule has 0 aliphatic rings. The van der Waals surface area contributed by atoms with Crippen molar-refractivity contribution in [1.29, 1.82) is 0 Å². The van der Waals surface area contributed by atoms with E-state index in [9.17, 15) is 0 Å². The molecule has 0 aromatic heterocycles. The standard InChI is InChI=1S/C29H35NO4/c1-5-6-17-34-26-15-8-22(9-16-26)7-12-24-18-27(32-3)19-29(33-4)28(24)21-30-20-23-10-13-25(31-2)14-11-23/h7-16,18-19,30H,5-6,17,20-21H2,1-4H3/b12-7+. The predicted octanol–water partition coefficient (Wildman–Crippen LogP) is 6.35. The molecule has 0 saturated heterocycles. The van der Waals surface area contributed by atoms with Gasteiger partial charge in [0.15, 0.2) is 0 Å². The van der Waals surface area contributed by atoms with Crippen LogP contribution in [0.2, 0.25) is 0 Å². The van der Waals surface area contributed by atoms with Crippen molar-refractivity contribution in [3.63, 3.8) is 0 Å². The van der Waals surface area contributed by atoms with E-state index in [1.807, 2.05) is 36.4 Å². The number of methoxy groups -OCH3 is 3. The molecule has 3 aromatic rings. The third-order valence-electron chi connectivity index (χ3n) is 5.56. The van der Waals surface area contributed by atoms with Crippen molar-refractivity contribution in [3.8, 4) is 23.0 Å². The summed E-state index contributed by atoms with van der Waals surface area (Å²) < 4.78 is 22.2. The highest BCUT2D eigenvalue weighted by Crippen LogP contribution is 2.30. The van der Waals surface area contributed by atoms with Crippen molar-refractivity contribution < 1.29 is 18.9 Å². The molecule has 0 heterocycles. The van der Waals surface area contributed by atoms with Crippen LogP contribution in [-0.2, 0) is 13.1 Å². The Labute approximate surface area is 203 Å². The first-order chi connectivity index (χ1) is 16.7. The average molecular weight is 462 g/mol. The summed E-state index contributed by atoms with van der Waals surface area (Å²) in [7, 11) is 5.03. The largest absolute Gasteiger partial charge is 0.497 e. The van der Waals surface area contributed by atoms with E-state index in [2.05, 4.69) is 48.7 Å². The summed E-state index contributed by atoms with van der Waals surface area (Å²) in [6.07, 6.45) is 6.39. The maximum absolute atomic E-state index is 5.77. The summed E-state index contributed by atoms with van der Waals surface area (Å²) in [5.74, 6) is 3.31. The molecule has 0 unspecified atom stereocenters. The Morgan fingerprint density at radius 3 is 2.09 bits per heavy atom. The fourth-order valence-electron chi connectivity index (χ4n) is 3.55. The van der Waals surface area contributed by atoms with Gasteiger partial charge in [-0.15, -0.1) is 0 Å². The molecule has 34 heavy (non-hydrogen) atoms. The van der Waals surface area contributed by atoms with Crippen LogP contribution >= 0.6 is 0 Å². The van der Waals surface area contributed by atoms with Crippen LogP contribution in [0.15, 0.2) is 60.7 Å². The van der Waals surface area contributed by atoms with Gasteiger partial charge in [-0.2, -0.15) is 0 Å². The lowest BCUT2D eigenvalue weighted by Gasteiger charge is -2.15. The summed E-state index contributed by atoms with van der Waals surface area (Å²) in [6.45, 7) is 4.31. The number of nitrogens with one attached hydrogen (secondary N) is 1. The summed E-state index contributed by atoms with van der Waals surface area (Å²) in [6, 6.07) is 20.2. The molecule has 0 aliphatic heterocycles. The van der Waals surface area contributed by atoms with Crippen molar-refractivity contribution in [3.05, 3.63) is 82.9 Å². The normalized spacial score (nSPS) is 10.9. The van der Waals surface area contributed by atoms with Gasteiger partial charge in [0.25, 0.3) is 0 Å². The van der Waals surface area contributed by atoms with Crippen LogP contribution in [0, 0.1) is 0 Å². The van der Waals surface area contributed by atoms with E-state index in [-0.39, 0.29) is 0 Å². The third-order valence-corrected chi connectivity index (χ3v) is 5.56. The lowest BCUT2D eigenvalue weighted by atomic mass is 10.0. The number of hydrogen-bond donors (Lipinski definition) is 1. The fraction of sp³-hybridized carbons (Fsp3) is 0.310. The molecule has 1 N–H and O–H groups in total. The van der Waals surface area contributed by atoms with E-state index in [4.69, 9.17) is 18.9 Å². The number of benzene rings is 3. The summed E-state index contributed by atoms with van der Waals surface area (Å²) >= 11 is 0. The first kappa shape index (κ1) is 25.2. The molecule has 0 radical (unpaired) electrons. The molecule has 0 saturated carbocycles. The van der Waals surface area contributed by atoms with Gasteiger partial charge in [0.2, 0.25) is 0 Å². The van der Waals surface area contributed by atoms with Crippen LogP contribution < -0.4 is 24.3 Å². The first-order valence-electron chi connectivity index (χ1n) is 11.7. The van der Waals surface area contributed by atoms with Crippen molar-refractivity contribution in [2.75, 3.05) is 27.9 Å². The zero-order valence-electron chi connectivity index (χ0n) is 20.6. The van der Waals surface area contributed by atoms with Gasteiger partial charge >= 0.3 is 0 Å². The van der Waals surface area contributed by atoms with E-state index in [0.29, 0.717) is 6.54 Å². The number of unbranched alkanes of at least 4 members (excludes halogenated alkanes) is 1. The highest BCUT2D eigenvalue weighted by atomic mass is 16.5. The third kappa shape index (κ3) is 7.29. The smallest absolute Gasteiger partial charge is 0.127 e. The topological polar surface area (TPSA) is 49.0 Å². The number of ether oxygens (including phenoxy) is 4. The number of rotatable bonds is 13. The van der Waals surface area contributed by atoms with Gasteiger partial charge in [0.1, 0.15) is 23.0 Å². The zero-order valence-corrected chi connectivity index (χ0v) is 20.6. The second-order valence-electron chi connectivity index (χ2n) is 7.95. The summed E-state index contributed by atoms with van der Waals surface area (Å²) in [5, 5.41) is 3.53. The Morgan fingerprint density at radius 2 is 1.44 bits per heavy atom. The van der Waals surface area contributed by atoms with Gasteiger partial charge in [0, 0.05) is 24.7 Å². The molecular weight excluding hydrogens is 426 g/mol. The maximum Gasteiger partial charge on any atom is 0.127 e. The molecule has 3 aromatic carbocycles. The van der Waals surface area contributed by atoms with Gasteiger partial charge < -0.3 is 24.3 Å². The summed E-state index contributed by atoms with van der Waals surface area (Å²) in [4.78, 5) is 0. The molecule has 0 atom stereocenters. The molecule has 0 spiro atoms. The van der Waals surface area contributed by atoms with E-state index in [1.54, 1.807) is 21.3 Å². The van der Waals surface area contributed by atoms with Gasteiger partial charge in [-0.1, -0.05) is 49.8 Å². The van der Waals surface area contributed by atoms with Crippen LogP contribution in [0.3, 0.4) is 0 Å². The van der Waals surface area contributed by atoms with Crippen molar-refractivity contribution in [2.24, 2.45) is 0 Å². The van der Waals surface area contributed by atoms with E-state index < -0.39 is 0 Å². The van der Waals surface area contributed by atoms with Crippen LogP contribution in [0.1, 0.15) is 42.0 Å². The quantitative estimate of drug-likeness (QED) is 0.237. The predicted molar refractivity (Wildman–Crippen MR) is 139 cm³/mol. The highest BCUT2D eigenvalue weighted by Gasteiger charge is 2.11. The molecule has 0 fully saturated rings. The van der Waals surface area contributed by atoms with Gasteiger partial charge in [0.05, 0.1) is 27.9 Å². The molecule has 5 nitrogen and oxygen atoms in total. The van der Waals surface area contributed by atoms with Crippen LogP contribution in [0.5, 0.6) is 23.0 Å². The van der Waals surface area contributed by atoms with Crippen LogP contribution in [-0.4, -0.2) is 27.9 Å². The minimum absolute atomic E-state index is 0.656. The lowest BCUT2D eigenvalue weighted by Crippen LogP contribution is -2.14. The second-order valence-corrected chi connectivity index (χ2v) is 7.95. The molecule has 3 rings (SSSR count). The highest BCUT2D eigenvalue weighted by molar-refractivity contribution is 5.73. The lowest BCUT2D eigenvalue weighted by molar-refractivity contribution is 0.309. The Morgan fingerprint density at radius 1 is 0.735 bits per heavy atom.